The standard InChI is InChI=1S/C14H21NO3/c1-15-8-12(16)11-7-13(18-2)9-5-3-4-6-10(9)14(11)17/h7,12,15-17H,3-6,8H2,1-2H3. The van der Waals surface area contributed by atoms with Gasteiger partial charge in [-0.1, -0.05) is 0 Å². The topological polar surface area (TPSA) is 61.7 Å². The van der Waals surface area contributed by atoms with Crippen LogP contribution in [0.3, 0.4) is 0 Å². The van der Waals surface area contributed by atoms with Crippen LogP contribution < -0.4 is 10.1 Å². The third-order valence-corrected chi connectivity index (χ3v) is 3.59. The quantitative estimate of drug-likeness (QED) is 0.759. The molecule has 1 aromatic rings. The Hall–Kier alpha value is -1.26. The van der Waals surface area contributed by atoms with Crippen LogP contribution in [0.25, 0.3) is 0 Å². The molecule has 0 amide bonds. The van der Waals surface area contributed by atoms with Crippen LogP contribution in [-0.2, 0) is 12.8 Å². The maximum absolute atomic E-state index is 10.3. The second-order valence-electron chi connectivity index (χ2n) is 4.75. The van der Waals surface area contributed by atoms with Crippen LogP contribution in [0.4, 0.5) is 0 Å². The Morgan fingerprint density at radius 3 is 2.61 bits per heavy atom. The first kappa shape index (κ1) is 13.2. The molecule has 1 aromatic carbocycles. The zero-order valence-electron chi connectivity index (χ0n) is 11.0. The lowest BCUT2D eigenvalue weighted by atomic mass is 9.87. The van der Waals surface area contributed by atoms with Crippen molar-refractivity contribution in [1.82, 2.24) is 5.32 Å². The molecule has 1 atom stereocenters. The van der Waals surface area contributed by atoms with Crippen LogP contribution in [0.1, 0.15) is 35.6 Å². The van der Waals surface area contributed by atoms with Crippen LogP contribution >= 0.6 is 0 Å². The predicted molar refractivity (Wildman–Crippen MR) is 70.2 cm³/mol. The number of hydrogen-bond donors (Lipinski definition) is 3. The van der Waals surface area contributed by atoms with Crippen LogP contribution in [0.2, 0.25) is 0 Å². The first-order valence-corrected chi connectivity index (χ1v) is 6.43. The molecule has 4 nitrogen and oxygen atoms in total. The number of nitrogens with one attached hydrogen (secondary N) is 1. The summed E-state index contributed by atoms with van der Waals surface area (Å²) in [5.74, 6) is 1.03. The SMILES string of the molecule is CNCC(O)c1cc(OC)c2c(c1O)CCCC2. The lowest BCUT2D eigenvalue weighted by molar-refractivity contribution is 0.173. The second kappa shape index (κ2) is 5.59. The Labute approximate surface area is 108 Å². The van der Waals surface area contributed by atoms with E-state index in [4.69, 9.17) is 4.74 Å². The van der Waals surface area contributed by atoms with E-state index >= 15 is 0 Å². The van der Waals surface area contributed by atoms with Gasteiger partial charge in [0.2, 0.25) is 0 Å². The monoisotopic (exact) mass is 251 g/mol. The van der Waals surface area contributed by atoms with Crippen molar-refractivity contribution < 1.29 is 14.9 Å². The predicted octanol–water partition coefficient (Wildman–Crippen LogP) is 1.53. The van der Waals surface area contributed by atoms with Gasteiger partial charge in [0, 0.05) is 23.2 Å². The average Bonchev–Trinajstić information content (AvgIpc) is 2.40. The fraction of sp³-hybridized carbons (Fsp3) is 0.571. The van der Waals surface area contributed by atoms with Crippen molar-refractivity contribution in [3.05, 3.63) is 22.8 Å². The smallest absolute Gasteiger partial charge is 0.125 e. The molecule has 0 spiro atoms. The fourth-order valence-corrected chi connectivity index (χ4v) is 2.65. The minimum atomic E-state index is -0.712. The third-order valence-electron chi connectivity index (χ3n) is 3.59. The van der Waals surface area contributed by atoms with E-state index in [1.165, 1.54) is 0 Å². The van der Waals surface area contributed by atoms with Crippen LogP contribution in [0.15, 0.2) is 6.07 Å². The van der Waals surface area contributed by atoms with Crippen molar-refractivity contribution in [2.75, 3.05) is 20.7 Å². The lowest BCUT2D eigenvalue weighted by Gasteiger charge is -2.23. The second-order valence-corrected chi connectivity index (χ2v) is 4.75. The molecule has 1 aliphatic carbocycles. The summed E-state index contributed by atoms with van der Waals surface area (Å²) in [6.07, 6.45) is 3.29. The number of rotatable bonds is 4. The molecular weight excluding hydrogens is 230 g/mol. The van der Waals surface area contributed by atoms with Gasteiger partial charge < -0.3 is 20.3 Å². The Kier molecular flexibility index (Phi) is 4.09. The van der Waals surface area contributed by atoms with Crippen LogP contribution in [-0.4, -0.2) is 30.9 Å². The minimum absolute atomic E-state index is 0.244. The molecule has 3 N–H and O–H groups in total. The first-order chi connectivity index (χ1) is 8.69. The fourth-order valence-electron chi connectivity index (χ4n) is 2.65. The highest BCUT2D eigenvalue weighted by Gasteiger charge is 2.23. The lowest BCUT2D eigenvalue weighted by Crippen LogP contribution is -2.18. The molecule has 0 heterocycles. The number of likely N-dealkylation sites (N-methyl/N-ethyl adjacent to an activating group) is 1. The summed E-state index contributed by atoms with van der Waals surface area (Å²) in [6, 6.07) is 1.77. The molecule has 1 unspecified atom stereocenters. The van der Waals surface area contributed by atoms with E-state index in [-0.39, 0.29) is 5.75 Å². The summed E-state index contributed by atoms with van der Waals surface area (Å²) in [6.45, 7) is 0.412. The normalized spacial score (nSPS) is 16.2. The highest BCUT2D eigenvalue weighted by molar-refractivity contribution is 5.54. The molecule has 0 bridgehead atoms. The van der Waals surface area contributed by atoms with E-state index in [0.717, 1.165) is 42.6 Å². The number of methoxy groups -OCH3 is 1. The van der Waals surface area contributed by atoms with Crippen LogP contribution in [0, 0.1) is 0 Å². The highest BCUT2D eigenvalue weighted by Crippen LogP contribution is 2.40. The molecule has 0 aliphatic heterocycles. The molecule has 0 radical (unpaired) electrons. The number of fused-ring (bicyclic) bond motifs is 1. The molecular formula is C14H21NO3. The van der Waals surface area contributed by atoms with E-state index in [1.54, 1.807) is 20.2 Å². The first-order valence-electron chi connectivity index (χ1n) is 6.43. The van der Waals surface area contributed by atoms with E-state index in [2.05, 4.69) is 5.32 Å². The minimum Gasteiger partial charge on any atom is -0.507 e. The molecule has 1 aliphatic rings. The van der Waals surface area contributed by atoms with Crippen molar-refractivity contribution in [2.24, 2.45) is 0 Å². The van der Waals surface area contributed by atoms with Gasteiger partial charge in [0.05, 0.1) is 13.2 Å². The number of benzene rings is 1. The van der Waals surface area contributed by atoms with Gasteiger partial charge in [-0.2, -0.15) is 0 Å². The largest absolute Gasteiger partial charge is 0.507 e. The summed E-state index contributed by atoms with van der Waals surface area (Å²) < 4.78 is 5.39. The zero-order chi connectivity index (χ0) is 13.1. The maximum atomic E-state index is 10.3. The molecule has 0 aromatic heterocycles. The Morgan fingerprint density at radius 2 is 2.00 bits per heavy atom. The summed E-state index contributed by atoms with van der Waals surface area (Å²) >= 11 is 0. The van der Waals surface area contributed by atoms with Crippen molar-refractivity contribution in [3.8, 4) is 11.5 Å². The van der Waals surface area contributed by atoms with Crippen molar-refractivity contribution in [3.63, 3.8) is 0 Å². The molecule has 2 rings (SSSR count). The number of aliphatic hydroxyl groups is 1. The van der Waals surface area contributed by atoms with E-state index in [9.17, 15) is 10.2 Å². The summed E-state index contributed by atoms with van der Waals surface area (Å²) in [7, 11) is 3.41. The third kappa shape index (κ3) is 2.31. The van der Waals surface area contributed by atoms with E-state index < -0.39 is 6.10 Å². The number of phenolic OH excluding ortho intramolecular Hbond substituents is 1. The van der Waals surface area contributed by atoms with Gasteiger partial charge in [0.1, 0.15) is 11.5 Å². The molecule has 4 heteroatoms. The number of ether oxygens (including phenoxy) is 1. The zero-order valence-corrected chi connectivity index (χ0v) is 11.0. The molecule has 0 saturated heterocycles. The van der Waals surface area contributed by atoms with Crippen molar-refractivity contribution in [2.45, 2.75) is 31.8 Å². The molecule has 0 saturated carbocycles. The molecule has 100 valence electrons. The van der Waals surface area contributed by atoms with Gasteiger partial charge in [-0.05, 0) is 38.8 Å². The van der Waals surface area contributed by atoms with Gasteiger partial charge in [-0.3, -0.25) is 0 Å². The van der Waals surface area contributed by atoms with E-state index in [0.29, 0.717) is 12.1 Å². The Morgan fingerprint density at radius 1 is 1.33 bits per heavy atom. The van der Waals surface area contributed by atoms with E-state index in [1.807, 2.05) is 0 Å². The van der Waals surface area contributed by atoms with Crippen molar-refractivity contribution in [1.29, 1.82) is 0 Å². The Bertz CT molecular complexity index is 432. The number of phenols is 1. The van der Waals surface area contributed by atoms with Gasteiger partial charge in [0.25, 0.3) is 0 Å². The average molecular weight is 251 g/mol. The van der Waals surface area contributed by atoms with Crippen LogP contribution in [0.5, 0.6) is 11.5 Å². The highest BCUT2D eigenvalue weighted by atomic mass is 16.5. The number of aromatic hydroxyl groups is 1. The van der Waals surface area contributed by atoms with Gasteiger partial charge >= 0.3 is 0 Å². The Balaban J connectivity index is 2.48. The number of aliphatic hydroxyl groups excluding tert-OH is 1. The van der Waals surface area contributed by atoms with Gasteiger partial charge in [-0.25, -0.2) is 0 Å². The van der Waals surface area contributed by atoms with Gasteiger partial charge in [0.15, 0.2) is 0 Å². The summed E-state index contributed by atoms with van der Waals surface area (Å²) in [5, 5.41) is 23.3. The summed E-state index contributed by atoms with van der Waals surface area (Å²) in [5.41, 5.74) is 2.61. The molecule has 18 heavy (non-hydrogen) atoms. The van der Waals surface area contributed by atoms with Crippen molar-refractivity contribution >= 4 is 0 Å². The summed E-state index contributed by atoms with van der Waals surface area (Å²) in [4.78, 5) is 0. The number of hydrogen-bond acceptors (Lipinski definition) is 4. The van der Waals surface area contributed by atoms with Gasteiger partial charge in [-0.15, -0.1) is 0 Å². The maximum Gasteiger partial charge on any atom is 0.125 e. The molecule has 0 fully saturated rings.